The van der Waals surface area contributed by atoms with Crippen LogP contribution in [-0.4, -0.2) is 121 Å². The van der Waals surface area contributed by atoms with E-state index in [0.29, 0.717) is 77.6 Å². The number of nitrogens with two attached hydrogens (primary N) is 1. The minimum atomic E-state index is -1.22. The highest BCUT2D eigenvalue weighted by atomic mass is 32.2. The molecule has 41 heavy (non-hydrogen) atoms. The standard InChI is InChI=1S/C26H46N4O10S/c1-20(2)3-5-36-7-9-38-11-13-40-14-12-39-10-8-37-6-4-30-17-21(29-19-30)16-28-25(33)23(15-24(31)32)41-18-22(27)26(34)35/h17,19-20,22-23H,3-16,18,27H2,1-2H3,(H,28,33)(H,31,32)(H,34,35). The van der Waals surface area contributed by atoms with Crippen LogP contribution in [0.5, 0.6) is 0 Å². The average molecular weight is 607 g/mol. The van der Waals surface area contributed by atoms with Gasteiger partial charge in [0.2, 0.25) is 5.91 Å². The zero-order valence-electron chi connectivity index (χ0n) is 24.0. The summed E-state index contributed by atoms with van der Waals surface area (Å²) < 4.78 is 29.2. The molecule has 1 aromatic heterocycles. The monoisotopic (exact) mass is 606 g/mol. The molecule has 0 bridgehead atoms. The van der Waals surface area contributed by atoms with Gasteiger partial charge in [-0.3, -0.25) is 14.4 Å². The molecule has 5 N–H and O–H groups in total. The lowest BCUT2D eigenvalue weighted by Gasteiger charge is -2.15. The lowest BCUT2D eigenvalue weighted by atomic mass is 10.1. The van der Waals surface area contributed by atoms with Crippen LogP contribution in [0, 0.1) is 5.92 Å². The Balaban J connectivity index is 2.05. The third-order valence-electron chi connectivity index (χ3n) is 5.40. The molecule has 1 aromatic rings. The first-order valence-electron chi connectivity index (χ1n) is 13.7. The molecule has 236 valence electrons. The molecule has 0 radical (unpaired) electrons. The normalized spacial score (nSPS) is 12.9. The first-order valence-corrected chi connectivity index (χ1v) is 14.7. The summed E-state index contributed by atoms with van der Waals surface area (Å²) in [6.07, 6.45) is 3.97. The number of hydrogen-bond donors (Lipinski definition) is 4. The fourth-order valence-corrected chi connectivity index (χ4v) is 4.14. The van der Waals surface area contributed by atoms with Crippen molar-refractivity contribution in [3.63, 3.8) is 0 Å². The van der Waals surface area contributed by atoms with E-state index in [4.69, 9.17) is 39.6 Å². The minimum Gasteiger partial charge on any atom is -0.481 e. The number of thioether (sulfide) groups is 1. The van der Waals surface area contributed by atoms with Crippen molar-refractivity contribution in [2.45, 2.75) is 51.1 Å². The van der Waals surface area contributed by atoms with E-state index in [-0.39, 0.29) is 12.3 Å². The number of carbonyl (C=O) groups is 3. The number of nitrogens with zero attached hydrogens (tertiary/aromatic N) is 2. The molecule has 1 rings (SSSR count). The van der Waals surface area contributed by atoms with E-state index in [1.807, 2.05) is 4.57 Å². The molecule has 14 nitrogen and oxygen atoms in total. The van der Waals surface area contributed by atoms with Gasteiger partial charge < -0.3 is 49.5 Å². The van der Waals surface area contributed by atoms with Crippen molar-refractivity contribution in [1.29, 1.82) is 0 Å². The van der Waals surface area contributed by atoms with Crippen LogP contribution in [-0.2, 0) is 51.2 Å². The van der Waals surface area contributed by atoms with E-state index >= 15 is 0 Å². The average Bonchev–Trinajstić information content (AvgIpc) is 3.38. The number of carboxylic acids is 2. The maximum Gasteiger partial charge on any atom is 0.321 e. The highest BCUT2D eigenvalue weighted by Gasteiger charge is 2.24. The highest BCUT2D eigenvalue weighted by molar-refractivity contribution is 8.00. The van der Waals surface area contributed by atoms with Crippen LogP contribution in [0.4, 0.5) is 0 Å². The number of carbonyl (C=O) groups excluding carboxylic acids is 1. The Labute approximate surface area is 245 Å². The Morgan fingerprint density at radius 3 is 1.98 bits per heavy atom. The molecule has 0 saturated carbocycles. The van der Waals surface area contributed by atoms with Gasteiger partial charge in [-0.2, -0.15) is 0 Å². The van der Waals surface area contributed by atoms with Crippen LogP contribution in [0.2, 0.25) is 0 Å². The molecule has 1 amide bonds. The predicted octanol–water partition coefficient (Wildman–Crippen LogP) is 0.617. The van der Waals surface area contributed by atoms with Crippen LogP contribution in [0.15, 0.2) is 12.5 Å². The molecule has 0 aliphatic rings. The topological polar surface area (TPSA) is 194 Å². The second-order valence-corrected chi connectivity index (χ2v) is 10.7. The molecule has 0 saturated heterocycles. The third-order valence-corrected chi connectivity index (χ3v) is 6.73. The maximum absolute atomic E-state index is 12.4. The van der Waals surface area contributed by atoms with Gasteiger partial charge in [0, 0.05) is 25.1 Å². The van der Waals surface area contributed by atoms with Gasteiger partial charge in [0.05, 0.1) is 89.7 Å². The largest absolute Gasteiger partial charge is 0.481 e. The molecule has 15 heteroatoms. The second-order valence-electron chi connectivity index (χ2n) is 9.43. The highest BCUT2D eigenvalue weighted by Crippen LogP contribution is 2.16. The number of aromatic nitrogens is 2. The summed E-state index contributed by atoms with van der Waals surface area (Å²) in [5.41, 5.74) is 6.03. The van der Waals surface area contributed by atoms with Crippen molar-refractivity contribution in [3.05, 3.63) is 18.2 Å². The summed E-state index contributed by atoms with van der Waals surface area (Å²) >= 11 is 0.896. The van der Waals surface area contributed by atoms with Crippen molar-refractivity contribution in [2.75, 3.05) is 71.8 Å². The summed E-state index contributed by atoms with van der Waals surface area (Å²) in [4.78, 5) is 38.6. The Morgan fingerprint density at radius 1 is 0.927 bits per heavy atom. The van der Waals surface area contributed by atoms with Crippen molar-refractivity contribution in [1.82, 2.24) is 14.9 Å². The van der Waals surface area contributed by atoms with Crippen molar-refractivity contribution >= 4 is 29.6 Å². The van der Waals surface area contributed by atoms with E-state index in [9.17, 15) is 14.4 Å². The zero-order valence-corrected chi connectivity index (χ0v) is 24.9. The molecule has 0 spiro atoms. The number of carboxylic acid groups (broad SMARTS) is 2. The van der Waals surface area contributed by atoms with Gasteiger partial charge in [-0.05, 0) is 12.3 Å². The van der Waals surface area contributed by atoms with Gasteiger partial charge in [0.1, 0.15) is 6.04 Å². The first kappa shape index (κ1) is 36.8. The summed E-state index contributed by atoms with van der Waals surface area (Å²) in [6.45, 7) is 10.2. The summed E-state index contributed by atoms with van der Waals surface area (Å²) in [5, 5.41) is 19.6. The number of nitrogens with one attached hydrogen (secondary N) is 1. The van der Waals surface area contributed by atoms with Crippen molar-refractivity contribution < 1.29 is 48.3 Å². The van der Waals surface area contributed by atoms with Gasteiger partial charge in [0.25, 0.3) is 0 Å². The minimum absolute atomic E-state index is 0.0843. The maximum atomic E-state index is 12.4. The number of imidazole rings is 1. The van der Waals surface area contributed by atoms with Crippen LogP contribution in [0.1, 0.15) is 32.4 Å². The number of rotatable bonds is 27. The van der Waals surface area contributed by atoms with Gasteiger partial charge in [0.15, 0.2) is 0 Å². The number of ether oxygens (including phenoxy) is 5. The van der Waals surface area contributed by atoms with E-state index < -0.39 is 35.6 Å². The van der Waals surface area contributed by atoms with E-state index in [1.54, 1.807) is 12.5 Å². The van der Waals surface area contributed by atoms with Crippen LogP contribution in [0.3, 0.4) is 0 Å². The van der Waals surface area contributed by atoms with Gasteiger partial charge in [-0.25, -0.2) is 4.98 Å². The fraction of sp³-hybridized carbons (Fsp3) is 0.769. The van der Waals surface area contributed by atoms with E-state index in [1.165, 1.54) is 0 Å². The fourth-order valence-electron chi connectivity index (χ4n) is 3.06. The smallest absolute Gasteiger partial charge is 0.321 e. The van der Waals surface area contributed by atoms with E-state index in [0.717, 1.165) is 24.8 Å². The van der Waals surface area contributed by atoms with Crippen molar-refractivity contribution in [2.24, 2.45) is 11.7 Å². The zero-order chi connectivity index (χ0) is 30.3. The van der Waals surface area contributed by atoms with Gasteiger partial charge in [-0.15, -0.1) is 11.8 Å². The van der Waals surface area contributed by atoms with Crippen LogP contribution >= 0.6 is 11.8 Å². The molecule has 2 atom stereocenters. The third kappa shape index (κ3) is 20.3. The molecule has 0 aliphatic heterocycles. The molecule has 0 fully saturated rings. The Hall–Kier alpha value is -2.27. The lowest BCUT2D eigenvalue weighted by Crippen LogP contribution is -2.37. The summed E-state index contributed by atoms with van der Waals surface area (Å²) in [5.74, 6) is -2.35. The molecule has 1 heterocycles. The number of aliphatic carboxylic acids is 2. The molecular formula is C26H46N4O10S. The summed E-state index contributed by atoms with van der Waals surface area (Å²) in [6, 6.07) is -1.19. The van der Waals surface area contributed by atoms with Crippen LogP contribution < -0.4 is 11.1 Å². The van der Waals surface area contributed by atoms with Gasteiger partial charge >= 0.3 is 11.9 Å². The molecule has 0 aromatic carbocycles. The predicted molar refractivity (Wildman–Crippen MR) is 152 cm³/mol. The Kier molecular flexibility index (Phi) is 20.9. The number of amides is 1. The van der Waals surface area contributed by atoms with E-state index in [2.05, 4.69) is 24.1 Å². The molecule has 2 unspecified atom stereocenters. The molecular weight excluding hydrogens is 560 g/mol. The van der Waals surface area contributed by atoms with Crippen molar-refractivity contribution in [3.8, 4) is 0 Å². The SMILES string of the molecule is CC(C)CCOCCOCCOCCOCCOCCn1cnc(CNC(=O)C(CC(=O)O)SCC(N)C(=O)O)c1. The number of hydrogen-bond acceptors (Lipinski definition) is 11. The second kappa shape index (κ2) is 23.3. The van der Waals surface area contributed by atoms with Gasteiger partial charge in [-0.1, -0.05) is 13.8 Å². The Bertz CT molecular complexity index is 858. The summed E-state index contributed by atoms with van der Waals surface area (Å²) in [7, 11) is 0. The van der Waals surface area contributed by atoms with Crippen LogP contribution in [0.25, 0.3) is 0 Å². The first-order chi connectivity index (χ1) is 19.7. The molecule has 0 aliphatic carbocycles. The quantitative estimate of drug-likeness (QED) is 0.102. The Morgan fingerprint density at radius 2 is 1.46 bits per heavy atom. The lowest BCUT2D eigenvalue weighted by molar-refractivity contribution is -0.138.